The van der Waals surface area contributed by atoms with E-state index < -0.39 is 34.7 Å². The molecule has 1 fully saturated rings. The second-order valence-corrected chi connectivity index (χ2v) is 6.89. The third-order valence-electron chi connectivity index (χ3n) is 4.53. The zero-order valence-corrected chi connectivity index (χ0v) is 15.6. The number of aromatic nitrogens is 1. The zero-order valence-electron chi connectivity index (χ0n) is 15.6. The van der Waals surface area contributed by atoms with Gasteiger partial charge in [0.2, 0.25) is 0 Å². The van der Waals surface area contributed by atoms with Crippen molar-refractivity contribution in [1.82, 2.24) is 14.8 Å². The van der Waals surface area contributed by atoms with Crippen LogP contribution in [0.2, 0.25) is 0 Å². The number of rotatable bonds is 4. The van der Waals surface area contributed by atoms with Gasteiger partial charge in [0.05, 0.1) is 5.56 Å². The number of anilines is 1. The van der Waals surface area contributed by atoms with Crippen LogP contribution in [-0.2, 0) is 6.54 Å². The maximum absolute atomic E-state index is 13.9. The van der Waals surface area contributed by atoms with Gasteiger partial charge in [0, 0.05) is 38.9 Å². The van der Waals surface area contributed by atoms with Gasteiger partial charge in [0.25, 0.3) is 5.91 Å². The summed E-state index contributed by atoms with van der Waals surface area (Å²) in [4.78, 5) is 22.1. The second kappa shape index (κ2) is 8.14. The zero-order chi connectivity index (χ0) is 20.4. The first-order chi connectivity index (χ1) is 13.3. The number of benzene rings is 1. The van der Waals surface area contributed by atoms with Gasteiger partial charge in [-0.1, -0.05) is 6.07 Å². The molecule has 0 N–H and O–H groups in total. The van der Waals surface area contributed by atoms with Crippen LogP contribution in [0.25, 0.3) is 0 Å². The van der Waals surface area contributed by atoms with E-state index in [1.165, 1.54) is 4.90 Å². The van der Waals surface area contributed by atoms with Gasteiger partial charge in [-0.05, 0) is 31.8 Å². The van der Waals surface area contributed by atoms with Gasteiger partial charge in [0.15, 0.2) is 23.3 Å². The fraction of sp³-hybridized carbons (Fsp3) is 0.368. The first-order valence-electron chi connectivity index (χ1n) is 8.74. The van der Waals surface area contributed by atoms with Crippen LogP contribution in [0.1, 0.15) is 15.9 Å². The Hall–Kier alpha value is -2.68. The van der Waals surface area contributed by atoms with Crippen molar-refractivity contribution in [1.29, 1.82) is 0 Å². The molecule has 0 atom stereocenters. The number of piperazine rings is 1. The molecule has 5 nitrogen and oxygen atoms in total. The standard InChI is InChI=1S/C19H20F4N4O/c1-25(2)11-12-3-4-15(24-10-12)26-5-7-27(8-6-26)19(28)13-9-14(20)17(22)18(23)16(13)21/h3-4,9-10H,5-8,11H2,1-2H3. The average Bonchev–Trinajstić information content (AvgIpc) is 2.69. The van der Waals surface area contributed by atoms with E-state index in [2.05, 4.69) is 4.98 Å². The predicted octanol–water partition coefficient (Wildman–Crippen LogP) is 2.66. The third-order valence-corrected chi connectivity index (χ3v) is 4.53. The van der Waals surface area contributed by atoms with Gasteiger partial charge in [0.1, 0.15) is 5.82 Å². The van der Waals surface area contributed by atoms with E-state index in [1.807, 2.05) is 36.0 Å². The normalized spacial score (nSPS) is 14.7. The maximum Gasteiger partial charge on any atom is 0.257 e. The van der Waals surface area contributed by atoms with Crippen molar-refractivity contribution in [2.45, 2.75) is 6.54 Å². The van der Waals surface area contributed by atoms with Gasteiger partial charge in [-0.15, -0.1) is 0 Å². The Morgan fingerprint density at radius 1 is 1.04 bits per heavy atom. The number of amides is 1. The van der Waals surface area contributed by atoms with Gasteiger partial charge in [-0.2, -0.15) is 0 Å². The molecule has 0 saturated carbocycles. The number of hydrogen-bond donors (Lipinski definition) is 0. The molecule has 28 heavy (non-hydrogen) atoms. The number of halogens is 4. The highest BCUT2D eigenvalue weighted by Crippen LogP contribution is 2.21. The fourth-order valence-electron chi connectivity index (χ4n) is 3.10. The summed E-state index contributed by atoms with van der Waals surface area (Å²) in [5.74, 6) is -7.30. The van der Waals surface area contributed by atoms with Crippen LogP contribution in [0.15, 0.2) is 24.4 Å². The quantitative estimate of drug-likeness (QED) is 0.453. The lowest BCUT2D eigenvalue weighted by Gasteiger charge is -2.35. The Balaban J connectivity index is 1.66. The van der Waals surface area contributed by atoms with Gasteiger partial charge in [-0.25, -0.2) is 22.5 Å². The summed E-state index contributed by atoms with van der Waals surface area (Å²) in [5.41, 5.74) is 0.259. The van der Waals surface area contributed by atoms with Crippen LogP contribution in [-0.4, -0.2) is 61.0 Å². The van der Waals surface area contributed by atoms with Gasteiger partial charge >= 0.3 is 0 Å². The van der Waals surface area contributed by atoms with Crippen molar-refractivity contribution in [3.05, 3.63) is 58.8 Å². The molecule has 150 valence electrons. The molecule has 0 unspecified atom stereocenters. The SMILES string of the molecule is CN(C)Cc1ccc(N2CCN(C(=O)c3cc(F)c(F)c(F)c3F)CC2)nc1. The molecule has 1 aliphatic rings. The van der Waals surface area contributed by atoms with Crippen molar-refractivity contribution in [3.8, 4) is 0 Å². The van der Waals surface area contributed by atoms with E-state index in [9.17, 15) is 22.4 Å². The molecule has 0 bridgehead atoms. The summed E-state index contributed by atoms with van der Waals surface area (Å²) >= 11 is 0. The summed E-state index contributed by atoms with van der Waals surface area (Å²) in [6, 6.07) is 4.26. The Labute approximate surface area is 160 Å². The second-order valence-electron chi connectivity index (χ2n) is 6.89. The Morgan fingerprint density at radius 2 is 1.71 bits per heavy atom. The number of nitrogens with zero attached hydrogens (tertiary/aromatic N) is 4. The van der Waals surface area contributed by atoms with Crippen molar-refractivity contribution >= 4 is 11.7 Å². The summed E-state index contributed by atoms with van der Waals surface area (Å²) in [7, 11) is 3.93. The van der Waals surface area contributed by atoms with Crippen LogP contribution >= 0.6 is 0 Å². The molecule has 0 spiro atoms. The Morgan fingerprint density at radius 3 is 2.29 bits per heavy atom. The highest BCUT2D eigenvalue weighted by atomic mass is 19.2. The van der Waals surface area contributed by atoms with E-state index in [0.29, 0.717) is 19.2 Å². The summed E-state index contributed by atoms with van der Waals surface area (Å²) in [5, 5.41) is 0. The highest BCUT2D eigenvalue weighted by molar-refractivity contribution is 5.94. The van der Waals surface area contributed by atoms with E-state index in [1.54, 1.807) is 6.20 Å². The Kier molecular flexibility index (Phi) is 5.83. The van der Waals surface area contributed by atoms with E-state index in [0.717, 1.165) is 17.9 Å². The molecule has 2 aromatic rings. The average molecular weight is 396 g/mol. The fourth-order valence-corrected chi connectivity index (χ4v) is 3.10. The first-order valence-corrected chi connectivity index (χ1v) is 8.74. The molecule has 1 aromatic carbocycles. The lowest BCUT2D eigenvalue weighted by atomic mass is 10.1. The number of carbonyl (C=O) groups excluding carboxylic acids is 1. The molecule has 1 aromatic heterocycles. The minimum Gasteiger partial charge on any atom is -0.353 e. The van der Waals surface area contributed by atoms with Crippen molar-refractivity contribution in [2.24, 2.45) is 0 Å². The van der Waals surface area contributed by atoms with Gasteiger partial charge < -0.3 is 14.7 Å². The van der Waals surface area contributed by atoms with E-state index in [-0.39, 0.29) is 13.1 Å². The van der Waals surface area contributed by atoms with Crippen molar-refractivity contribution in [2.75, 3.05) is 45.2 Å². The number of carbonyl (C=O) groups is 1. The highest BCUT2D eigenvalue weighted by Gasteiger charge is 2.28. The Bertz CT molecular complexity index is 865. The molecule has 1 aliphatic heterocycles. The van der Waals surface area contributed by atoms with Crippen LogP contribution in [0, 0.1) is 23.3 Å². The molecule has 0 radical (unpaired) electrons. The molecular weight excluding hydrogens is 376 g/mol. The van der Waals surface area contributed by atoms with Crippen molar-refractivity contribution in [3.63, 3.8) is 0 Å². The van der Waals surface area contributed by atoms with Crippen molar-refractivity contribution < 1.29 is 22.4 Å². The first kappa shape index (κ1) is 20.1. The van der Waals surface area contributed by atoms with E-state index in [4.69, 9.17) is 0 Å². The van der Waals surface area contributed by atoms with E-state index >= 15 is 0 Å². The molecule has 1 amide bonds. The van der Waals surface area contributed by atoms with Crippen LogP contribution in [0.3, 0.4) is 0 Å². The third kappa shape index (κ3) is 4.09. The lowest BCUT2D eigenvalue weighted by molar-refractivity contribution is 0.0739. The summed E-state index contributed by atoms with van der Waals surface area (Å²) < 4.78 is 53.7. The minimum atomic E-state index is -1.98. The predicted molar refractivity (Wildman–Crippen MR) is 96.0 cm³/mol. The number of hydrogen-bond acceptors (Lipinski definition) is 4. The molecule has 0 aliphatic carbocycles. The van der Waals surface area contributed by atoms with Crippen LogP contribution in [0.5, 0.6) is 0 Å². The molecule has 9 heteroatoms. The molecule has 3 rings (SSSR count). The molecule has 2 heterocycles. The smallest absolute Gasteiger partial charge is 0.257 e. The van der Waals surface area contributed by atoms with Crippen LogP contribution in [0.4, 0.5) is 23.4 Å². The van der Waals surface area contributed by atoms with Gasteiger partial charge in [-0.3, -0.25) is 4.79 Å². The summed E-state index contributed by atoms with van der Waals surface area (Å²) in [6.45, 7) is 2.07. The monoisotopic (exact) mass is 396 g/mol. The topological polar surface area (TPSA) is 39.7 Å². The van der Waals surface area contributed by atoms with Crippen LogP contribution < -0.4 is 4.90 Å². The lowest BCUT2D eigenvalue weighted by Crippen LogP contribution is -2.49. The summed E-state index contributed by atoms with van der Waals surface area (Å²) in [6.07, 6.45) is 1.78. The maximum atomic E-state index is 13.9. The molecular formula is C19H20F4N4O. The largest absolute Gasteiger partial charge is 0.353 e. The minimum absolute atomic E-state index is 0.222. The molecule has 1 saturated heterocycles. The number of pyridine rings is 1.